The van der Waals surface area contributed by atoms with Crippen LogP contribution in [0.25, 0.3) is 72.3 Å². The predicted octanol–water partition coefficient (Wildman–Crippen LogP) is 12.8. The molecule has 0 fully saturated rings. The van der Waals surface area contributed by atoms with Crippen molar-refractivity contribution >= 4 is 32.8 Å². The number of imidazole rings is 1. The Kier molecular flexibility index (Phi) is 7.47. The molecule has 3 heterocycles. The summed E-state index contributed by atoms with van der Waals surface area (Å²) in [4.78, 5) is 4.99. The average Bonchev–Trinajstić information content (AvgIpc) is 3.87. The number of benzene rings is 7. The van der Waals surface area contributed by atoms with Gasteiger partial charge in [0, 0.05) is 44.3 Å². The summed E-state index contributed by atoms with van der Waals surface area (Å²) < 4.78 is 98.9. The van der Waals surface area contributed by atoms with Gasteiger partial charge in [0.05, 0.1) is 30.4 Å². The van der Waals surface area contributed by atoms with Crippen LogP contribution in [0, 0.1) is 32.3 Å². The molecular weight excluding hydrogens is 916 g/mol. The predicted molar refractivity (Wildman–Crippen MR) is 239 cm³/mol. The van der Waals surface area contributed by atoms with Crippen molar-refractivity contribution in [1.82, 2.24) is 14.1 Å². The number of rotatable bonds is 7. The SMILES string of the molecule is [2H]c1c([2H])c([2H])c(-c2cccc(-c3c([2H])c([2H])c([2H])c([2H])c3[2H])c2-[n+]2[c-]n(-c3[c-]c(Oc4[c-]c5c(cc4)c4ccccc4n5-c4ncc(C)c(C(C)(C)C)c4C)ccc3)c3ccccc32)c([2H])c1[2H].[Pt]. The van der Waals surface area contributed by atoms with E-state index in [2.05, 4.69) is 69.8 Å². The molecule has 10 aromatic rings. The molecule has 0 amide bonds. The number of hydrogen-bond donors (Lipinski definition) is 0. The maximum Gasteiger partial charge on any atom is 0.268 e. The summed E-state index contributed by atoms with van der Waals surface area (Å²) in [5.41, 5.74) is 6.93. The third kappa shape index (κ3) is 6.73. The molecule has 0 N–H and O–H groups in total. The van der Waals surface area contributed by atoms with E-state index in [0.29, 0.717) is 28.2 Å². The van der Waals surface area contributed by atoms with Gasteiger partial charge in [0.2, 0.25) is 0 Å². The summed E-state index contributed by atoms with van der Waals surface area (Å²) >= 11 is 0. The summed E-state index contributed by atoms with van der Waals surface area (Å²) in [5.74, 6) is 1.61. The van der Waals surface area contributed by atoms with Crippen LogP contribution in [0.4, 0.5) is 0 Å². The number of para-hydroxylation sites is 4. The van der Waals surface area contributed by atoms with E-state index in [-0.39, 0.29) is 54.4 Å². The van der Waals surface area contributed by atoms with Gasteiger partial charge >= 0.3 is 0 Å². The van der Waals surface area contributed by atoms with Crippen molar-refractivity contribution in [1.29, 1.82) is 0 Å². The van der Waals surface area contributed by atoms with E-state index in [1.165, 1.54) is 5.56 Å². The van der Waals surface area contributed by atoms with Crippen molar-refractivity contribution in [3.8, 4) is 50.9 Å². The van der Waals surface area contributed by atoms with Gasteiger partial charge in [0.1, 0.15) is 5.82 Å². The van der Waals surface area contributed by atoms with Crippen LogP contribution in [-0.4, -0.2) is 14.1 Å². The average molecular weight is 968 g/mol. The fraction of sp³-hybridized carbons (Fsp3) is 0.111. The van der Waals surface area contributed by atoms with E-state index in [4.69, 9.17) is 23.4 Å². The molecule has 0 aliphatic heterocycles. The van der Waals surface area contributed by atoms with Gasteiger partial charge < -0.3 is 13.9 Å². The van der Waals surface area contributed by atoms with Crippen molar-refractivity contribution in [2.75, 3.05) is 0 Å². The number of aromatic nitrogens is 4. The fourth-order valence-electron chi connectivity index (χ4n) is 8.37. The Balaban J connectivity index is 0.00000608. The molecule has 0 atom stereocenters. The molecule has 0 unspecified atom stereocenters. The van der Waals surface area contributed by atoms with E-state index in [1.807, 2.05) is 60.8 Å². The molecule has 0 aliphatic rings. The standard InChI is InChI=1S/C54H42N4O.Pt/c1-36-34-55-53(37(2)51(36)54(3,4)5)58-47-27-13-12-24-45(47)46-31-30-42(33-50(46)58)59-41-23-16-22-40(32-41)56-35-57(49-29-15-14-28-48(49)56)52-43(38-18-8-6-9-19-38)25-17-26-44(52)39-20-10-7-11-21-39;/h6-31,34H,1-5H3;/q-2;/i6D,7D,8D,9D,10D,11D,18D,19D,20D,21D;. The van der Waals surface area contributed by atoms with Crippen molar-refractivity contribution in [2.24, 2.45) is 0 Å². The zero-order chi connectivity index (χ0) is 49.0. The molecule has 7 aromatic carbocycles. The van der Waals surface area contributed by atoms with Crippen molar-refractivity contribution in [3.05, 3.63) is 199 Å². The minimum atomic E-state index is -0.571. The zero-order valence-corrected chi connectivity index (χ0v) is 35.6. The van der Waals surface area contributed by atoms with E-state index in [1.54, 1.807) is 39.5 Å². The fourth-order valence-corrected chi connectivity index (χ4v) is 8.37. The Hall–Kier alpha value is -6.55. The molecule has 0 saturated carbocycles. The molecular formula is C54H42N4OPt-2. The van der Waals surface area contributed by atoms with Crippen molar-refractivity contribution in [2.45, 2.75) is 40.0 Å². The van der Waals surface area contributed by atoms with Gasteiger partial charge in [-0.3, -0.25) is 4.57 Å². The summed E-state index contributed by atoms with van der Waals surface area (Å²) in [6.07, 6.45) is 5.34. The summed E-state index contributed by atoms with van der Waals surface area (Å²) in [7, 11) is 0. The third-order valence-electron chi connectivity index (χ3n) is 10.6. The van der Waals surface area contributed by atoms with Crippen molar-refractivity contribution < 1.29 is 44.1 Å². The van der Waals surface area contributed by atoms with E-state index >= 15 is 0 Å². The van der Waals surface area contributed by atoms with Crippen molar-refractivity contribution in [3.63, 3.8) is 0 Å². The Morgan fingerprint density at radius 1 is 0.667 bits per heavy atom. The molecule has 0 bridgehead atoms. The molecule has 0 aliphatic carbocycles. The largest absolute Gasteiger partial charge is 0.510 e. The second-order valence-corrected chi connectivity index (χ2v) is 15.4. The first kappa shape index (κ1) is 28.8. The maximum atomic E-state index is 9.00. The molecule has 5 nitrogen and oxygen atoms in total. The minimum Gasteiger partial charge on any atom is -0.510 e. The number of aryl methyl sites for hydroxylation is 1. The van der Waals surface area contributed by atoms with Gasteiger partial charge in [-0.25, -0.2) is 4.98 Å². The van der Waals surface area contributed by atoms with Crippen LogP contribution >= 0.6 is 0 Å². The zero-order valence-electron chi connectivity index (χ0n) is 43.3. The molecule has 10 rings (SSSR count). The smallest absolute Gasteiger partial charge is 0.268 e. The first-order valence-corrected chi connectivity index (χ1v) is 19.2. The molecule has 0 saturated heterocycles. The Morgan fingerprint density at radius 3 is 2.00 bits per heavy atom. The summed E-state index contributed by atoms with van der Waals surface area (Å²) in [6, 6.07) is 31.3. The molecule has 0 radical (unpaired) electrons. The Labute approximate surface area is 379 Å². The first-order chi connectivity index (χ1) is 32.9. The van der Waals surface area contributed by atoms with Gasteiger partial charge in [-0.15, -0.1) is 29.7 Å². The number of ether oxygens (including phenoxy) is 1. The van der Waals surface area contributed by atoms with Gasteiger partial charge in [-0.1, -0.05) is 147 Å². The van der Waals surface area contributed by atoms with Crippen LogP contribution in [0.3, 0.4) is 0 Å². The third-order valence-corrected chi connectivity index (χ3v) is 10.6. The number of hydrogen-bond acceptors (Lipinski definition) is 2. The van der Waals surface area contributed by atoms with Gasteiger partial charge in [-0.05, 0) is 75.3 Å². The van der Waals surface area contributed by atoms with Crippen LogP contribution in [0.15, 0.2) is 164 Å². The van der Waals surface area contributed by atoms with E-state index in [0.717, 1.165) is 38.8 Å². The second kappa shape index (κ2) is 15.6. The van der Waals surface area contributed by atoms with Gasteiger partial charge in [0.25, 0.3) is 6.33 Å². The normalized spacial score (nSPS) is 13.9. The first-order valence-electron chi connectivity index (χ1n) is 24.2. The molecule has 3 aromatic heterocycles. The van der Waals surface area contributed by atoms with Crippen LogP contribution in [0.5, 0.6) is 11.5 Å². The van der Waals surface area contributed by atoms with Crippen LogP contribution < -0.4 is 9.30 Å². The van der Waals surface area contributed by atoms with E-state index < -0.39 is 60.4 Å². The van der Waals surface area contributed by atoms with E-state index in [9.17, 15) is 0 Å². The molecule has 6 heteroatoms. The summed E-state index contributed by atoms with van der Waals surface area (Å²) in [6.45, 7) is 10.8. The van der Waals surface area contributed by atoms with Gasteiger partial charge in [-0.2, -0.15) is 18.2 Å². The Bertz CT molecular complexity index is 3660. The maximum absolute atomic E-state index is 9.00. The number of pyridine rings is 1. The minimum absolute atomic E-state index is 0. The number of nitrogens with zero attached hydrogens (tertiary/aromatic N) is 4. The second-order valence-electron chi connectivity index (χ2n) is 15.4. The van der Waals surface area contributed by atoms with Crippen LogP contribution in [0.2, 0.25) is 0 Å². The topological polar surface area (TPSA) is 35.9 Å². The summed E-state index contributed by atoms with van der Waals surface area (Å²) in [5, 5.41) is 2.04. The number of fused-ring (bicyclic) bond motifs is 4. The van der Waals surface area contributed by atoms with Crippen LogP contribution in [-0.2, 0) is 26.5 Å². The molecule has 0 spiro atoms. The molecule has 60 heavy (non-hydrogen) atoms. The van der Waals surface area contributed by atoms with Crippen LogP contribution in [0.1, 0.15) is 51.2 Å². The Morgan fingerprint density at radius 2 is 1.30 bits per heavy atom. The monoisotopic (exact) mass is 967 g/mol. The molecule has 296 valence electrons. The van der Waals surface area contributed by atoms with Gasteiger partial charge in [0.15, 0.2) is 0 Å². The quantitative estimate of drug-likeness (QED) is 0.118.